The van der Waals surface area contributed by atoms with E-state index < -0.39 is 10.0 Å². The maximum Gasteiger partial charge on any atom is 0.261 e. The second kappa shape index (κ2) is 5.73. The Hall–Kier alpha value is -1.72. The van der Waals surface area contributed by atoms with E-state index in [0.717, 1.165) is 12.0 Å². The molecule has 4 nitrogen and oxygen atoms in total. The van der Waals surface area contributed by atoms with Gasteiger partial charge in [0.15, 0.2) is 0 Å². The van der Waals surface area contributed by atoms with Gasteiger partial charge in [0.05, 0.1) is 15.6 Å². The topological polar surface area (TPSA) is 72.2 Å². The predicted octanol–water partition coefficient (Wildman–Crippen LogP) is 3.29. The zero-order valence-electron chi connectivity index (χ0n) is 10.9. The molecule has 0 amide bonds. The summed E-state index contributed by atoms with van der Waals surface area (Å²) in [7, 11) is -3.67. The molecule has 0 atom stereocenters. The van der Waals surface area contributed by atoms with Crippen LogP contribution in [-0.2, 0) is 16.4 Å². The van der Waals surface area contributed by atoms with Gasteiger partial charge in [-0.2, -0.15) is 0 Å². The van der Waals surface area contributed by atoms with Crippen LogP contribution in [0.2, 0.25) is 5.02 Å². The summed E-state index contributed by atoms with van der Waals surface area (Å²) in [5.74, 6) is 0. The van der Waals surface area contributed by atoms with Crippen molar-refractivity contribution >= 4 is 33.0 Å². The maximum atomic E-state index is 12.3. The van der Waals surface area contributed by atoms with Gasteiger partial charge in [0.1, 0.15) is 0 Å². The highest BCUT2D eigenvalue weighted by molar-refractivity contribution is 7.92. The molecule has 6 heteroatoms. The SMILES string of the molecule is CCc1cccc(NS(=O)(=O)c2ccc(N)c(Cl)c2)c1. The standard InChI is InChI=1S/C14H15ClN2O2S/c1-2-10-4-3-5-11(8-10)17-20(18,19)12-6-7-14(16)13(15)9-12/h3-9,17H,2,16H2,1H3. The summed E-state index contributed by atoms with van der Waals surface area (Å²) in [4.78, 5) is 0.0820. The van der Waals surface area contributed by atoms with Gasteiger partial charge in [-0.15, -0.1) is 0 Å². The van der Waals surface area contributed by atoms with E-state index in [-0.39, 0.29) is 9.92 Å². The molecule has 2 aromatic rings. The highest BCUT2D eigenvalue weighted by Crippen LogP contribution is 2.24. The van der Waals surface area contributed by atoms with Crippen LogP contribution in [0, 0.1) is 0 Å². The van der Waals surface area contributed by atoms with E-state index in [1.165, 1.54) is 18.2 Å². The Balaban J connectivity index is 2.32. The van der Waals surface area contributed by atoms with Crippen LogP contribution < -0.4 is 10.5 Å². The molecule has 106 valence electrons. The average molecular weight is 311 g/mol. The fourth-order valence-electron chi connectivity index (χ4n) is 1.74. The number of nitrogen functional groups attached to an aromatic ring is 1. The zero-order chi connectivity index (χ0) is 14.8. The van der Waals surface area contributed by atoms with Crippen molar-refractivity contribution in [3.8, 4) is 0 Å². The van der Waals surface area contributed by atoms with Gasteiger partial charge in [-0.1, -0.05) is 30.7 Å². The Labute approximate surface area is 123 Å². The molecule has 0 radical (unpaired) electrons. The molecule has 0 spiro atoms. The summed E-state index contributed by atoms with van der Waals surface area (Å²) in [6.45, 7) is 2.01. The first kappa shape index (κ1) is 14.7. The van der Waals surface area contributed by atoms with E-state index in [9.17, 15) is 8.42 Å². The first-order chi connectivity index (χ1) is 9.42. The minimum atomic E-state index is -3.67. The van der Waals surface area contributed by atoms with Gasteiger partial charge in [0, 0.05) is 5.69 Å². The molecule has 3 N–H and O–H groups in total. The number of hydrogen-bond acceptors (Lipinski definition) is 3. The lowest BCUT2D eigenvalue weighted by Crippen LogP contribution is -2.13. The molecule has 0 fully saturated rings. The molecule has 20 heavy (non-hydrogen) atoms. The number of sulfonamides is 1. The molecular formula is C14H15ClN2O2S. The van der Waals surface area contributed by atoms with E-state index in [2.05, 4.69) is 4.72 Å². The lowest BCUT2D eigenvalue weighted by Gasteiger charge is -2.10. The van der Waals surface area contributed by atoms with E-state index >= 15 is 0 Å². The quantitative estimate of drug-likeness (QED) is 0.851. The molecule has 0 unspecified atom stereocenters. The van der Waals surface area contributed by atoms with Gasteiger partial charge in [0.25, 0.3) is 10.0 Å². The Kier molecular flexibility index (Phi) is 4.20. The largest absolute Gasteiger partial charge is 0.398 e. The minimum absolute atomic E-state index is 0.0820. The Bertz CT molecular complexity index is 730. The number of halogens is 1. The average Bonchev–Trinajstić information content (AvgIpc) is 2.41. The van der Waals surface area contributed by atoms with Crippen LogP contribution in [0.3, 0.4) is 0 Å². The highest BCUT2D eigenvalue weighted by Gasteiger charge is 2.15. The zero-order valence-corrected chi connectivity index (χ0v) is 12.5. The third-order valence-corrected chi connectivity index (χ3v) is 4.58. The second-order valence-corrected chi connectivity index (χ2v) is 6.43. The van der Waals surface area contributed by atoms with Crippen LogP contribution in [0.15, 0.2) is 47.4 Å². The monoisotopic (exact) mass is 310 g/mol. The van der Waals surface area contributed by atoms with Crippen LogP contribution in [-0.4, -0.2) is 8.42 Å². The van der Waals surface area contributed by atoms with Crippen molar-refractivity contribution in [2.24, 2.45) is 0 Å². The normalized spacial score (nSPS) is 11.3. The van der Waals surface area contributed by atoms with Gasteiger partial charge in [-0.05, 0) is 42.3 Å². The van der Waals surface area contributed by atoms with Gasteiger partial charge in [-0.25, -0.2) is 8.42 Å². The summed E-state index contributed by atoms with van der Waals surface area (Å²) < 4.78 is 27.0. The molecular weight excluding hydrogens is 296 g/mol. The van der Waals surface area contributed by atoms with Gasteiger partial charge >= 0.3 is 0 Å². The molecule has 2 rings (SSSR count). The van der Waals surface area contributed by atoms with Crippen molar-refractivity contribution in [3.63, 3.8) is 0 Å². The fourth-order valence-corrected chi connectivity index (χ4v) is 3.06. The third-order valence-electron chi connectivity index (χ3n) is 2.87. The summed E-state index contributed by atoms with van der Waals surface area (Å²) in [6.07, 6.45) is 0.837. The van der Waals surface area contributed by atoms with Crippen LogP contribution in [0.1, 0.15) is 12.5 Å². The van der Waals surface area contributed by atoms with Gasteiger partial charge in [0.2, 0.25) is 0 Å². The molecule has 0 heterocycles. The van der Waals surface area contributed by atoms with Crippen molar-refractivity contribution in [3.05, 3.63) is 53.1 Å². The number of hydrogen-bond donors (Lipinski definition) is 2. The van der Waals surface area contributed by atoms with Crippen LogP contribution in [0.5, 0.6) is 0 Å². The number of benzene rings is 2. The molecule has 0 bridgehead atoms. The Morgan fingerprint density at radius 2 is 1.95 bits per heavy atom. The lowest BCUT2D eigenvalue weighted by molar-refractivity contribution is 0.601. The van der Waals surface area contributed by atoms with Crippen LogP contribution >= 0.6 is 11.6 Å². The molecule has 0 aromatic heterocycles. The predicted molar refractivity (Wildman–Crippen MR) is 82.5 cm³/mol. The second-order valence-electron chi connectivity index (χ2n) is 4.34. The number of anilines is 2. The molecule has 0 aliphatic rings. The first-order valence-corrected chi connectivity index (χ1v) is 7.95. The Morgan fingerprint density at radius 1 is 1.20 bits per heavy atom. The van der Waals surface area contributed by atoms with Crippen molar-refractivity contribution in [1.29, 1.82) is 0 Å². The number of aryl methyl sites for hydroxylation is 1. The van der Waals surface area contributed by atoms with Crippen LogP contribution in [0.4, 0.5) is 11.4 Å². The van der Waals surface area contributed by atoms with Crippen LogP contribution in [0.25, 0.3) is 0 Å². The maximum absolute atomic E-state index is 12.3. The number of nitrogens with two attached hydrogens (primary N) is 1. The number of rotatable bonds is 4. The van der Waals surface area contributed by atoms with Gasteiger partial charge in [-0.3, -0.25) is 4.72 Å². The molecule has 2 aromatic carbocycles. The summed E-state index contributed by atoms with van der Waals surface area (Å²) in [5.41, 5.74) is 7.50. The highest BCUT2D eigenvalue weighted by atomic mass is 35.5. The van der Waals surface area contributed by atoms with Crippen molar-refractivity contribution in [2.75, 3.05) is 10.5 Å². The number of nitrogens with one attached hydrogen (secondary N) is 1. The molecule has 0 saturated heterocycles. The summed E-state index contributed by atoms with van der Waals surface area (Å²) in [5, 5.41) is 0.218. The van der Waals surface area contributed by atoms with E-state index in [1.54, 1.807) is 12.1 Å². The smallest absolute Gasteiger partial charge is 0.261 e. The summed E-state index contributed by atoms with van der Waals surface area (Å²) >= 11 is 5.85. The third kappa shape index (κ3) is 3.23. The fraction of sp³-hybridized carbons (Fsp3) is 0.143. The first-order valence-electron chi connectivity index (χ1n) is 6.09. The molecule has 0 saturated carbocycles. The van der Waals surface area contributed by atoms with Crippen molar-refractivity contribution < 1.29 is 8.42 Å². The van der Waals surface area contributed by atoms with E-state index in [1.807, 2.05) is 19.1 Å². The van der Waals surface area contributed by atoms with E-state index in [4.69, 9.17) is 17.3 Å². The lowest BCUT2D eigenvalue weighted by atomic mass is 10.1. The summed E-state index contributed by atoms with van der Waals surface area (Å²) in [6, 6.07) is 11.5. The van der Waals surface area contributed by atoms with Gasteiger partial charge < -0.3 is 5.73 Å². The molecule has 0 aliphatic heterocycles. The minimum Gasteiger partial charge on any atom is -0.398 e. The molecule has 0 aliphatic carbocycles. The Morgan fingerprint density at radius 3 is 2.60 bits per heavy atom. The van der Waals surface area contributed by atoms with E-state index in [0.29, 0.717) is 11.4 Å². The van der Waals surface area contributed by atoms with Crippen molar-refractivity contribution in [2.45, 2.75) is 18.2 Å². The van der Waals surface area contributed by atoms with Crippen molar-refractivity contribution in [1.82, 2.24) is 0 Å².